The largest absolute Gasteiger partial charge is 0.384 e. The maximum atomic E-state index is 10.9. The van der Waals surface area contributed by atoms with E-state index in [9.17, 15) is 10.1 Å². The number of hydrogen-bond donors (Lipinski definition) is 1. The summed E-state index contributed by atoms with van der Waals surface area (Å²) in [7, 11) is 0. The minimum atomic E-state index is -0.379. The zero-order chi connectivity index (χ0) is 13.1. The van der Waals surface area contributed by atoms with Crippen LogP contribution in [-0.2, 0) is 0 Å². The van der Waals surface area contributed by atoms with Crippen LogP contribution in [0.5, 0.6) is 0 Å². The minimum Gasteiger partial charge on any atom is -0.384 e. The third-order valence-corrected chi connectivity index (χ3v) is 2.69. The predicted molar refractivity (Wildman–Crippen MR) is 71.7 cm³/mol. The Hall–Kier alpha value is -2.17. The number of nitro groups is 1. The van der Waals surface area contributed by atoms with Gasteiger partial charge in [0.15, 0.2) is 0 Å². The Morgan fingerprint density at radius 3 is 2.78 bits per heavy atom. The molecule has 0 spiro atoms. The highest BCUT2D eigenvalue weighted by Gasteiger charge is 2.14. The lowest BCUT2D eigenvalue weighted by Crippen LogP contribution is -2.08. The third-order valence-electron chi connectivity index (χ3n) is 2.69. The normalized spacial score (nSPS) is 10.8. The summed E-state index contributed by atoms with van der Waals surface area (Å²) in [6.07, 6.45) is 3.18. The Labute approximate surface area is 105 Å². The predicted octanol–water partition coefficient (Wildman–Crippen LogP) is 3.21. The molecule has 1 aromatic heterocycles. The Morgan fingerprint density at radius 2 is 2.11 bits per heavy atom. The summed E-state index contributed by atoms with van der Waals surface area (Å²) in [5.41, 5.74) is 1.000. The second kappa shape index (κ2) is 5.00. The minimum absolute atomic E-state index is 0.0909. The molecule has 94 valence electrons. The first-order valence-electron chi connectivity index (χ1n) is 5.84. The molecule has 1 aromatic carbocycles. The van der Waals surface area contributed by atoms with Gasteiger partial charge in [-0.2, -0.15) is 0 Å². The molecule has 0 amide bonds. The van der Waals surface area contributed by atoms with E-state index < -0.39 is 0 Å². The fourth-order valence-corrected chi connectivity index (χ4v) is 1.80. The standard InChI is InChI=1S/C13H15N3O2/c1-9(2)7-15-12-3-4-13(16(17)18)11-8-14-6-5-10(11)12/h3-6,8-9,15H,7H2,1-2H3. The van der Waals surface area contributed by atoms with Crippen LogP contribution in [0.4, 0.5) is 11.4 Å². The van der Waals surface area contributed by atoms with E-state index in [0.29, 0.717) is 11.3 Å². The maximum absolute atomic E-state index is 10.9. The number of anilines is 1. The summed E-state index contributed by atoms with van der Waals surface area (Å²) in [5, 5.41) is 15.7. The van der Waals surface area contributed by atoms with Gasteiger partial charge in [-0.1, -0.05) is 13.8 Å². The molecule has 0 unspecified atom stereocenters. The van der Waals surface area contributed by atoms with Crippen molar-refractivity contribution in [2.45, 2.75) is 13.8 Å². The summed E-state index contributed by atoms with van der Waals surface area (Å²) in [6, 6.07) is 5.07. The molecule has 1 N–H and O–H groups in total. The fourth-order valence-electron chi connectivity index (χ4n) is 1.80. The molecule has 5 heteroatoms. The van der Waals surface area contributed by atoms with Crippen LogP contribution >= 0.6 is 0 Å². The van der Waals surface area contributed by atoms with Crippen LogP contribution in [-0.4, -0.2) is 16.5 Å². The smallest absolute Gasteiger partial charge is 0.278 e. The molecule has 1 heterocycles. The van der Waals surface area contributed by atoms with Crippen LogP contribution in [0.15, 0.2) is 30.6 Å². The number of nitrogens with zero attached hydrogens (tertiary/aromatic N) is 2. The average Bonchev–Trinajstić information content (AvgIpc) is 2.35. The highest BCUT2D eigenvalue weighted by molar-refractivity contribution is 5.99. The van der Waals surface area contributed by atoms with Crippen LogP contribution in [0, 0.1) is 16.0 Å². The van der Waals surface area contributed by atoms with Crippen LogP contribution in [0.3, 0.4) is 0 Å². The topological polar surface area (TPSA) is 68.1 Å². The number of fused-ring (bicyclic) bond motifs is 1. The quantitative estimate of drug-likeness (QED) is 0.663. The molecule has 0 saturated heterocycles. The van der Waals surface area contributed by atoms with E-state index in [1.165, 1.54) is 12.3 Å². The number of benzene rings is 1. The highest BCUT2D eigenvalue weighted by Crippen LogP contribution is 2.30. The molecule has 5 nitrogen and oxygen atoms in total. The zero-order valence-corrected chi connectivity index (χ0v) is 10.4. The lowest BCUT2D eigenvalue weighted by molar-refractivity contribution is -0.383. The van der Waals surface area contributed by atoms with Gasteiger partial charge in [-0.15, -0.1) is 0 Å². The Balaban J connectivity index is 2.50. The van der Waals surface area contributed by atoms with Crippen LogP contribution < -0.4 is 5.32 Å². The molecule has 0 aliphatic carbocycles. The van der Waals surface area contributed by atoms with Gasteiger partial charge in [0.05, 0.1) is 10.3 Å². The van der Waals surface area contributed by atoms with Gasteiger partial charge < -0.3 is 5.32 Å². The van der Waals surface area contributed by atoms with Crippen molar-refractivity contribution in [2.75, 3.05) is 11.9 Å². The second-order valence-corrected chi connectivity index (χ2v) is 4.59. The summed E-state index contributed by atoms with van der Waals surface area (Å²) in [6.45, 7) is 5.06. The molecule has 2 rings (SSSR count). The molecular formula is C13H15N3O2. The van der Waals surface area contributed by atoms with Crippen molar-refractivity contribution in [3.8, 4) is 0 Å². The summed E-state index contributed by atoms with van der Waals surface area (Å²) in [4.78, 5) is 14.5. The second-order valence-electron chi connectivity index (χ2n) is 4.59. The molecule has 18 heavy (non-hydrogen) atoms. The maximum Gasteiger partial charge on any atom is 0.278 e. The SMILES string of the molecule is CC(C)CNc1ccc([N+](=O)[O-])c2cnccc12. The number of pyridine rings is 1. The molecule has 0 radical (unpaired) electrons. The number of aromatic nitrogens is 1. The van der Waals surface area contributed by atoms with Gasteiger partial charge in [-0.3, -0.25) is 15.1 Å². The van der Waals surface area contributed by atoms with E-state index in [1.54, 1.807) is 18.3 Å². The van der Waals surface area contributed by atoms with E-state index >= 15 is 0 Å². The third kappa shape index (κ3) is 2.40. The Kier molecular flexibility index (Phi) is 3.41. The molecule has 0 fully saturated rings. The van der Waals surface area contributed by atoms with Crippen molar-refractivity contribution in [1.82, 2.24) is 4.98 Å². The van der Waals surface area contributed by atoms with Gasteiger partial charge in [0, 0.05) is 36.1 Å². The van der Waals surface area contributed by atoms with Gasteiger partial charge >= 0.3 is 0 Å². The Morgan fingerprint density at radius 1 is 1.33 bits per heavy atom. The number of nitro benzene ring substituents is 1. The molecule has 0 aliphatic heterocycles. The van der Waals surface area contributed by atoms with Crippen molar-refractivity contribution >= 4 is 22.1 Å². The molecule has 0 bridgehead atoms. The molecule has 0 aliphatic rings. The van der Waals surface area contributed by atoms with Crippen LogP contribution in [0.25, 0.3) is 10.8 Å². The van der Waals surface area contributed by atoms with Gasteiger partial charge in [0.2, 0.25) is 0 Å². The van der Waals surface area contributed by atoms with Gasteiger partial charge in [0.25, 0.3) is 5.69 Å². The van der Waals surface area contributed by atoms with E-state index in [0.717, 1.165) is 17.6 Å². The van der Waals surface area contributed by atoms with E-state index in [4.69, 9.17) is 0 Å². The zero-order valence-electron chi connectivity index (χ0n) is 10.4. The van der Waals surface area contributed by atoms with Gasteiger partial charge in [0.1, 0.15) is 0 Å². The van der Waals surface area contributed by atoms with Crippen molar-refractivity contribution in [1.29, 1.82) is 0 Å². The van der Waals surface area contributed by atoms with Gasteiger partial charge in [-0.05, 0) is 18.1 Å². The number of non-ortho nitro benzene ring substituents is 1. The first-order valence-corrected chi connectivity index (χ1v) is 5.84. The van der Waals surface area contributed by atoms with E-state index in [-0.39, 0.29) is 10.6 Å². The highest BCUT2D eigenvalue weighted by atomic mass is 16.6. The lowest BCUT2D eigenvalue weighted by atomic mass is 10.1. The van der Waals surface area contributed by atoms with Crippen molar-refractivity contribution in [2.24, 2.45) is 5.92 Å². The van der Waals surface area contributed by atoms with Crippen molar-refractivity contribution in [3.05, 3.63) is 40.7 Å². The van der Waals surface area contributed by atoms with Crippen molar-refractivity contribution < 1.29 is 4.92 Å². The number of nitrogens with one attached hydrogen (secondary N) is 1. The summed E-state index contributed by atoms with van der Waals surface area (Å²) < 4.78 is 0. The molecule has 0 atom stereocenters. The fraction of sp³-hybridized carbons (Fsp3) is 0.308. The van der Waals surface area contributed by atoms with Crippen LogP contribution in [0.1, 0.15) is 13.8 Å². The van der Waals surface area contributed by atoms with E-state index in [1.807, 2.05) is 0 Å². The van der Waals surface area contributed by atoms with Gasteiger partial charge in [-0.25, -0.2) is 0 Å². The lowest BCUT2D eigenvalue weighted by Gasteiger charge is -2.11. The summed E-state index contributed by atoms with van der Waals surface area (Å²) >= 11 is 0. The van der Waals surface area contributed by atoms with Crippen molar-refractivity contribution in [3.63, 3.8) is 0 Å². The monoisotopic (exact) mass is 245 g/mol. The first-order chi connectivity index (χ1) is 8.59. The number of rotatable bonds is 4. The number of hydrogen-bond acceptors (Lipinski definition) is 4. The summed E-state index contributed by atoms with van der Waals surface area (Å²) in [5.74, 6) is 0.511. The Bertz CT molecular complexity index is 581. The average molecular weight is 245 g/mol. The molecule has 0 saturated carbocycles. The molecule has 2 aromatic rings. The van der Waals surface area contributed by atoms with E-state index in [2.05, 4.69) is 24.1 Å². The first kappa shape index (κ1) is 12.3. The van der Waals surface area contributed by atoms with Crippen LogP contribution in [0.2, 0.25) is 0 Å². The molecular weight excluding hydrogens is 230 g/mol.